The number of carbonyl (C=O) groups excluding carboxylic acids is 2. The molecule has 180 valence electrons. The lowest BCUT2D eigenvalue weighted by Gasteiger charge is -2.55. The van der Waals surface area contributed by atoms with Gasteiger partial charge in [0.25, 0.3) is 10.0 Å². The summed E-state index contributed by atoms with van der Waals surface area (Å²) in [7, 11) is -4.01. The second-order valence-corrected chi connectivity index (χ2v) is 12.0. The summed E-state index contributed by atoms with van der Waals surface area (Å²) in [6.07, 6.45) is 6.36. The van der Waals surface area contributed by atoms with E-state index < -0.39 is 21.8 Å². The van der Waals surface area contributed by atoms with E-state index in [1.54, 1.807) is 6.92 Å². The molecule has 6 rings (SSSR count). The van der Waals surface area contributed by atoms with Crippen LogP contribution in [0.15, 0.2) is 47.4 Å². The Balaban J connectivity index is 1.28. The number of hydrogen-bond acceptors (Lipinski definition) is 5. The van der Waals surface area contributed by atoms with Gasteiger partial charge in [0.15, 0.2) is 12.4 Å². The Bertz CT molecular complexity index is 1200. The van der Waals surface area contributed by atoms with Gasteiger partial charge in [0.1, 0.15) is 5.82 Å². The molecule has 0 unspecified atom stereocenters. The van der Waals surface area contributed by atoms with Gasteiger partial charge in [0, 0.05) is 11.1 Å². The lowest BCUT2D eigenvalue weighted by Crippen LogP contribution is -2.51. The van der Waals surface area contributed by atoms with E-state index in [1.165, 1.54) is 49.6 Å². The zero-order valence-electron chi connectivity index (χ0n) is 19.1. The Kier molecular flexibility index (Phi) is 5.74. The monoisotopic (exact) mass is 485 g/mol. The molecule has 4 aliphatic carbocycles. The van der Waals surface area contributed by atoms with E-state index in [1.807, 2.05) is 0 Å². The third-order valence-electron chi connectivity index (χ3n) is 7.80. The Labute approximate surface area is 198 Å². The van der Waals surface area contributed by atoms with Gasteiger partial charge >= 0.3 is 5.97 Å². The number of hydrogen-bond donors (Lipinski definition) is 1. The van der Waals surface area contributed by atoms with Gasteiger partial charge in [0.05, 0.1) is 10.5 Å². The highest BCUT2D eigenvalue weighted by Crippen LogP contribution is 2.60. The maximum atomic E-state index is 13.2. The van der Waals surface area contributed by atoms with Gasteiger partial charge in [-0.2, -0.15) is 0 Å². The van der Waals surface area contributed by atoms with Crippen molar-refractivity contribution < 1.29 is 27.1 Å². The molecule has 4 aliphatic rings. The van der Waals surface area contributed by atoms with Crippen molar-refractivity contribution in [2.45, 2.75) is 50.3 Å². The number of benzene rings is 2. The van der Waals surface area contributed by atoms with E-state index in [4.69, 9.17) is 4.74 Å². The molecule has 0 amide bonds. The highest BCUT2D eigenvalue weighted by molar-refractivity contribution is 7.92. The molecule has 0 spiro atoms. The first kappa shape index (κ1) is 23.0. The van der Waals surface area contributed by atoms with Crippen molar-refractivity contribution in [1.82, 2.24) is 0 Å². The summed E-state index contributed by atoms with van der Waals surface area (Å²) >= 11 is 0. The van der Waals surface area contributed by atoms with Crippen LogP contribution in [0, 0.1) is 35.9 Å². The molecule has 34 heavy (non-hydrogen) atoms. The van der Waals surface area contributed by atoms with E-state index in [0.29, 0.717) is 23.3 Å². The van der Waals surface area contributed by atoms with Gasteiger partial charge in [-0.05, 0) is 105 Å². The van der Waals surface area contributed by atoms with Crippen LogP contribution >= 0.6 is 0 Å². The molecule has 4 fully saturated rings. The number of sulfonamides is 1. The summed E-state index contributed by atoms with van der Waals surface area (Å²) < 4.78 is 46.5. The first-order valence-electron chi connectivity index (χ1n) is 11.7. The minimum absolute atomic E-state index is 0.000597. The smallest absolute Gasteiger partial charge is 0.338 e. The number of aryl methyl sites for hydroxylation is 1. The number of carbonyl (C=O) groups is 2. The van der Waals surface area contributed by atoms with Gasteiger partial charge in [-0.3, -0.25) is 9.52 Å². The van der Waals surface area contributed by atoms with Crippen LogP contribution in [-0.2, 0) is 19.6 Å². The second-order valence-electron chi connectivity index (χ2n) is 10.3. The highest BCUT2D eigenvalue weighted by atomic mass is 32.2. The first-order chi connectivity index (χ1) is 16.1. The number of anilines is 1. The van der Waals surface area contributed by atoms with E-state index >= 15 is 0 Å². The minimum Gasteiger partial charge on any atom is -0.454 e. The average molecular weight is 486 g/mol. The molecule has 0 heterocycles. The largest absolute Gasteiger partial charge is 0.454 e. The predicted octanol–water partition coefficient (Wildman–Crippen LogP) is 4.88. The number of ketones is 1. The van der Waals surface area contributed by atoms with Crippen molar-refractivity contribution in [3.63, 3.8) is 0 Å². The Morgan fingerprint density at radius 2 is 1.59 bits per heavy atom. The Morgan fingerprint density at radius 3 is 2.18 bits per heavy atom. The first-order valence-corrected chi connectivity index (χ1v) is 13.2. The predicted molar refractivity (Wildman–Crippen MR) is 124 cm³/mol. The zero-order valence-corrected chi connectivity index (χ0v) is 19.9. The summed E-state index contributed by atoms with van der Waals surface area (Å²) in [6.45, 7) is 1.40. The summed E-state index contributed by atoms with van der Waals surface area (Å²) in [6, 6.07) is 9.08. The van der Waals surface area contributed by atoms with Crippen LogP contribution in [0.1, 0.15) is 54.4 Å². The van der Waals surface area contributed by atoms with Crippen molar-refractivity contribution in [2.75, 3.05) is 11.3 Å². The van der Waals surface area contributed by atoms with E-state index in [-0.39, 0.29) is 34.0 Å². The van der Waals surface area contributed by atoms with Crippen LogP contribution in [-0.4, -0.2) is 26.8 Å². The second kappa shape index (κ2) is 8.48. The fourth-order valence-electron chi connectivity index (χ4n) is 6.53. The number of nitrogens with one attached hydrogen (secondary N) is 1. The molecule has 4 saturated carbocycles. The third-order valence-corrected chi connectivity index (χ3v) is 9.18. The summed E-state index contributed by atoms with van der Waals surface area (Å²) in [5, 5.41) is 0. The SMILES string of the molecule is Cc1ccc(S(=O)(=O)Nc2ccc(F)cc2)cc1C(=O)OCC(=O)C12CC3CC(CC(C3)C1)C2. The van der Waals surface area contributed by atoms with Gasteiger partial charge in [-0.1, -0.05) is 6.07 Å². The van der Waals surface area contributed by atoms with Crippen molar-refractivity contribution in [1.29, 1.82) is 0 Å². The van der Waals surface area contributed by atoms with Crippen LogP contribution in [0.2, 0.25) is 0 Å². The molecule has 2 aromatic rings. The van der Waals surface area contributed by atoms with Gasteiger partial charge in [-0.25, -0.2) is 17.6 Å². The molecule has 0 aromatic heterocycles. The van der Waals surface area contributed by atoms with Gasteiger partial charge < -0.3 is 4.74 Å². The molecule has 0 aliphatic heterocycles. The normalized spacial score (nSPS) is 27.4. The van der Waals surface area contributed by atoms with Crippen LogP contribution < -0.4 is 4.72 Å². The number of esters is 1. The highest BCUT2D eigenvalue weighted by Gasteiger charge is 2.54. The number of Topliss-reactive ketones (excluding diaryl/α,β-unsaturated/α-hetero) is 1. The fraction of sp³-hybridized carbons (Fsp3) is 0.462. The molecular weight excluding hydrogens is 457 g/mol. The summed E-state index contributed by atoms with van der Waals surface area (Å²) in [4.78, 5) is 25.9. The maximum Gasteiger partial charge on any atom is 0.338 e. The molecular formula is C26H28FNO5S. The van der Waals surface area contributed by atoms with Crippen LogP contribution in [0.4, 0.5) is 10.1 Å². The van der Waals surface area contributed by atoms with Crippen molar-refractivity contribution in [3.8, 4) is 0 Å². The standard InChI is InChI=1S/C26H28FNO5S/c1-16-2-7-22(34(31,32)28-21-5-3-20(27)4-6-21)11-23(16)25(30)33-15-24(29)26-12-17-8-18(13-26)10-19(9-17)14-26/h2-7,11,17-19,28H,8-10,12-15H2,1H3. The molecule has 0 radical (unpaired) electrons. The van der Waals surface area contributed by atoms with Crippen molar-refractivity contribution in [2.24, 2.45) is 23.2 Å². The Morgan fingerprint density at radius 1 is 1.00 bits per heavy atom. The lowest BCUT2D eigenvalue weighted by molar-refractivity contribution is -0.147. The van der Waals surface area contributed by atoms with Crippen LogP contribution in [0.25, 0.3) is 0 Å². The zero-order chi connectivity index (χ0) is 24.1. The fourth-order valence-corrected chi connectivity index (χ4v) is 7.62. The van der Waals surface area contributed by atoms with E-state index in [2.05, 4.69) is 4.72 Å². The van der Waals surface area contributed by atoms with Crippen molar-refractivity contribution in [3.05, 3.63) is 59.4 Å². The topological polar surface area (TPSA) is 89.5 Å². The maximum absolute atomic E-state index is 13.2. The number of halogens is 1. The number of rotatable bonds is 7. The van der Waals surface area contributed by atoms with E-state index in [9.17, 15) is 22.4 Å². The summed E-state index contributed by atoms with van der Waals surface area (Å²) in [5.41, 5.74) is 0.495. The minimum atomic E-state index is -4.01. The number of ether oxygens (including phenoxy) is 1. The molecule has 0 atom stereocenters. The Hall–Kier alpha value is -2.74. The molecule has 6 nitrogen and oxygen atoms in total. The van der Waals surface area contributed by atoms with Gasteiger partial charge in [-0.15, -0.1) is 0 Å². The third kappa shape index (κ3) is 4.35. The molecule has 1 N–H and O–H groups in total. The molecule has 8 heteroatoms. The van der Waals surface area contributed by atoms with E-state index in [0.717, 1.165) is 31.4 Å². The molecule has 4 bridgehead atoms. The van der Waals surface area contributed by atoms with Gasteiger partial charge in [0.2, 0.25) is 0 Å². The van der Waals surface area contributed by atoms with Crippen LogP contribution in [0.3, 0.4) is 0 Å². The molecule has 2 aromatic carbocycles. The average Bonchev–Trinajstić information content (AvgIpc) is 2.78. The lowest BCUT2D eigenvalue weighted by atomic mass is 9.48. The summed E-state index contributed by atoms with van der Waals surface area (Å²) in [5.74, 6) is 0.649. The quantitative estimate of drug-likeness (QED) is 0.565. The van der Waals surface area contributed by atoms with Crippen molar-refractivity contribution >= 4 is 27.5 Å². The molecule has 0 saturated heterocycles. The van der Waals surface area contributed by atoms with Crippen LogP contribution in [0.5, 0.6) is 0 Å².